The topological polar surface area (TPSA) is 44.8 Å². The van der Waals surface area contributed by atoms with Crippen molar-refractivity contribution in [3.8, 4) is 11.5 Å². The van der Waals surface area contributed by atoms with Crippen LogP contribution in [0.15, 0.2) is 12.1 Å². The van der Waals surface area contributed by atoms with E-state index in [1.807, 2.05) is 19.1 Å². The molecule has 1 aromatic rings. The maximum atomic E-state index is 11.6. The minimum absolute atomic E-state index is 0.280. The van der Waals surface area contributed by atoms with Crippen LogP contribution in [0.3, 0.4) is 0 Å². The van der Waals surface area contributed by atoms with Crippen LogP contribution in [0, 0.1) is 5.92 Å². The Morgan fingerprint density at radius 1 is 1.10 bits per heavy atom. The molecule has 1 rings (SSSR count). The molecule has 0 N–H and O–H groups in total. The Kier molecular flexibility index (Phi) is 7.52. The van der Waals surface area contributed by atoms with Gasteiger partial charge in [-0.05, 0) is 26.0 Å². The Bertz CT molecular complexity index is 491. The fourth-order valence-corrected chi connectivity index (χ4v) is 2.71. The summed E-state index contributed by atoms with van der Waals surface area (Å²) in [7, 11) is 3.02. The molecule has 0 fully saturated rings. The van der Waals surface area contributed by atoms with Crippen LogP contribution in [0.4, 0.5) is 0 Å². The molecule has 0 amide bonds. The van der Waals surface area contributed by atoms with Crippen molar-refractivity contribution in [1.29, 1.82) is 0 Å². The summed E-state index contributed by atoms with van der Waals surface area (Å²) in [6, 6.07) is 3.88. The van der Waals surface area contributed by atoms with Gasteiger partial charge in [0.2, 0.25) is 0 Å². The van der Waals surface area contributed by atoms with Gasteiger partial charge in [-0.15, -0.1) is 0 Å². The zero-order chi connectivity index (χ0) is 16.0. The highest BCUT2D eigenvalue weighted by Crippen LogP contribution is 2.33. The Morgan fingerprint density at radius 2 is 1.62 bits per heavy atom. The van der Waals surface area contributed by atoms with Crippen molar-refractivity contribution in [1.82, 2.24) is 0 Å². The van der Waals surface area contributed by atoms with Crippen molar-refractivity contribution in [3.63, 3.8) is 0 Å². The highest BCUT2D eigenvalue weighted by molar-refractivity contribution is 9.08. The molecule has 0 aliphatic carbocycles. The van der Waals surface area contributed by atoms with Crippen LogP contribution >= 0.6 is 31.9 Å². The second-order valence-corrected chi connectivity index (χ2v) is 5.80. The SMILES string of the molecule is COC(=O)C(C)C(C)Oc1cc(CBr)c(OC)cc1CBr. The van der Waals surface area contributed by atoms with Crippen molar-refractivity contribution in [2.75, 3.05) is 14.2 Å². The number of hydrogen-bond acceptors (Lipinski definition) is 4. The molecular weight excluding hydrogens is 404 g/mol. The van der Waals surface area contributed by atoms with Crippen LogP contribution in [-0.4, -0.2) is 26.3 Å². The highest BCUT2D eigenvalue weighted by Gasteiger charge is 2.23. The lowest BCUT2D eigenvalue weighted by Gasteiger charge is -2.22. The summed E-state index contributed by atoms with van der Waals surface area (Å²) < 4.78 is 16.1. The average Bonchev–Trinajstić information content (AvgIpc) is 2.52. The summed E-state index contributed by atoms with van der Waals surface area (Å²) in [5, 5.41) is 1.30. The monoisotopic (exact) mass is 422 g/mol. The number of hydrogen-bond donors (Lipinski definition) is 0. The Morgan fingerprint density at radius 3 is 2.10 bits per heavy atom. The van der Waals surface area contributed by atoms with E-state index in [0.717, 1.165) is 22.6 Å². The van der Waals surface area contributed by atoms with Gasteiger partial charge in [0.15, 0.2) is 0 Å². The number of ether oxygens (including phenoxy) is 3. The summed E-state index contributed by atoms with van der Waals surface area (Å²) in [6.45, 7) is 3.65. The van der Waals surface area contributed by atoms with Gasteiger partial charge in [-0.1, -0.05) is 31.9 Å². The molecule has 0 radical (unpaired) electrons. The van der Waals surface area contributed by atoms with E-state index in [0.29, 0.717) is 10.7 Å². The number of methoxy groups -OCH3 is 2. The van der Waals surface area contributed by atoms with E-state index >= 15 is 0 Å². The minimum Gasteiger partial charge on any atom is -0.496 e. The number of esters is 1. The van der Waals surface area contributed by atoms with Gasteiger partial charge in [-0.25, -0.2) is 0 Å². The molecule has 0 aromatic heterocycles. The lowest BCUT2D eigenvalue weighted by atomic mass is 10.1. The van der Waals surface area contributed by atoms with Gasteiger partial charge in [-0.3, -0.25) is 4.79 Å². The molecule has 0 bridgehead atoms. The van der Waals surface area contributed by atoms with Crippen molar-refractivity contribution < 1.29 is 19.0 Å². The van der Waals surface area contributed by atoms with Gasteiger partial charge in [0, 0.05) is 21.8 Å². The van der Waals surface area contributed by atoms with Crippen LogP contribution in [0.2, 0.25) is 0 Å². The third-order valence-electron chi connectivity index (χ3n) is 3.34. The molecule has 1 aromatic carbocycles. The lowest BCUT2D eigenvalue weighted by Crippen LogP contribution is -2.29. The standard InChI is InChI=1S/C15H20Br2O4/c1-9(15(18)20-4)10(2)21-14-6-11(7-16)13(19-3)5-12(14)8-17/h5-6,9-10H,7-8H2,1-4H3. The van der Waals surface area contributed by atoms with Gasteiger partial charge in [0.05, 0.1) is 20.1 Å². The molecule has 6 heteroatoms. The predicted octanol–water partition coefficient (Wildman–Crippen LogP) is 4.06. The van der Waals surface area contributed by atoms with Crippen LogP contribution in [0.5, 0.6) is 11.5 Å². The van der Waals surface area contributed by atoms with E-state index in [2.05, 4.69) is 31.9 Å². The maximum absolute atomic E-state index is 11.6. The summed E-state index contributed by atoms with van der Waals surface area (Å²) in [5.74, 6) is 0.928. The van der Waals surface area contributed by atoms with Gasteiger partial charge >= 0.3 is 5.97 Å². The largest absolute Gasteiger partial charge is 0.496 e. The molecule has 4 nitrogen and oxygen atoms in total. The van der Waals surface area contributed by atoms with E-state index in [1.165, 1.54) is 7.11 Å². The summed E-state index contributed by atoms with van der Waals surface area (Å²) in [4.78, 5) is 11.6. The smallest absolute Gasteiger partial charge is 0.312 e. The number of halogens is 2. The molecular formula is C15H20Br2O4. The van der Waals surface area contributed by atoms with Gasteiger partial charge in [0.25, 0.3) is 0 Å². The third-order valence-corrected chi connectivity index (χ3v) is 4.55. The number of benzene rings is 1. The number of rotatable bonds is 7. The van der Waals surface area contributed by atoms with E-state index in [1.54, 1.807) is 14.0 Å². The van der Waals surface area contributed by atoms with E-state index in [9.17, 15) is 4.79 Å². The number of alkyl halides is 2. The second kappa shape index (κ2) is 8.63. The number of carbonyl (C=O) groups is 1. The molecule has 0 heterocycles. The zero-order valence-electron chi connectivity index (χ0n) is 12.6. The predicted molar refractivity (Wildman–Crippen MR) is 89.5 cm³/mol. The first-order valence-electron chi connectivity index (χ1n) is 6.54. The molecule has 0 saturated carbocycles. The molecule has 21 heavy (non-hydrogen) atoms. The Labute approximate surface area is 142 Å². The van der Waals surface area contributed by atoms with E-state index in [4.69, 9.17) is 14.2 Å². The molecule has 0 aliphatic heterocycles. The Hall–Kier alpha value is -0.750. The van der Waals surface area contributed by atoms with Gasteiger partial charge in [0.1, 0.15) is 17.6 Å². The normalized spacial score (nSPS) is 13.4. The fraction of sp³-hybridized carbons (Fsp3) is 0.533. The Balaban J connectivity index is 3.03. The summed E-state index contributed by atoms with van der Waals surface area (Å²) in [6.07, 6.45) is -0.285. The molecule has 2 atom stereocenters. The zero-order valence-corrected chi connectivity index (χ0v) is 15.8. The molecule has 2 unspecified atom stereocenters. The average molecular weight is 424 g/mol. The molecule has 0 saturated heterocycles. The first-order valence-corrected chi connectivity index (χ1v) is 8.78. The summed E-state index contributed by atoms with van der Waals surface area (Å²) in [5.41, 5.74) is 1.97. The van der Waals surface area contributed by atoms with Gasteiger partial charge in [-0.2, -0.15) is 0 Å². The van der Waals surface area contributed by atoms with E-state index < -0.39 is 0 Å². The van der Waals surface area contributed by atoms with Crippen LogP contribution in [0.25, 0.3) is 0 Å². The number of carbonyl (C=O) groups excluding carboxylic acids is 1. The van der Waals surface area contributed by atoms with Gasteiger partial charge < -0.3 is 14.2 Å². The van der Waals surface area contributed by atoms with Crippen LogP contribution < -0.4 is 9.47 Å². The van der Waals surface area contributed by atoms with Crippen LogP contribution in [0.1, 0.15) is 25.0 Å². The highest BCUT2D eigenvalue weighted by atomic mass is 79.9. The summed E-state index contributed by atoms with van der Waals surface area (Å²) >= 11 is 6.89. The second-order valence-electron chi connectivity index (χ2n) is 4.67. The minimum atomic E-state index is -0.340. The first-order chi connectivity index (χ1) is 9.98. The van der Waals surface area contributed by atoms with Crippen molar-refractivity contribution >= 4 is 37.8 Å². The quantitative estimate of drug-likeness (QED) is 0.490. The van der Waals surface area contributed by atoms with Crippen molar-refractivity contribution in [2.45, 2.75) is 30.6 Å². The fourth-order valence-electron chi connectivity index (χ4n) is 1.83. The van der Waals surface area contributed by atoms with E-state index in [-0.39, 0.29) is 18.0 Å². The molecule has 0 aliphatic rings. The van der Waals surface area contributed by atoms with Crippen molar-refractivity contribution in [3.05, 3.63) is 23.3 Å². The van der Waals surface area contributed by atoms with Crippen molar-refractivity contribution in [2.24, 2.45) is 5.92 Å². The maximum Gasteiger partial charge on any atom is 0.312 e. The van der Waals surface area contributed by atoms with Crippen LogP contribution in [-0.2, 0) is 20.2 Å². The molecule has 118 valence electrons. The third kappa shape index (κ3) is 4.61. The molecule has 0 spiro atoms. The first kappa shape index (κ1) is 18.3. The lowest BCUT2D eigenvalue weighted by molar-refractivity contribution is -0.147.